The lowest BCUT2D eigenvalue weighted by Gasteiger charge is -2.32. The number of nitrogens with one attached hydrogen (secondary N) is 1. The van der Waals surface area contributed by atoms with Gasteiger partial charge in [-0.15, -0.1) is 0 Å². The number of amides is 3. The molecule has 0 atom stereocenters. The van der Waals surface area contributed by atoms with Gasteiger partial charge in [-0.25, -0.2) is 0 Å². The van der Waals surface area contributed by atoms with Gasteiger partial charge >= 0.3 is 0 Å². The van der Waals surface area contributed by atoms with Gasteiger partial charge in [0.1, 0.15) is 6.54 Å². The van der Waals surface area contributed by atoms with Crippen molar-refractivity contribution in [3.63, 3.8) is 0 Å². The molecule has 0 radical (unpaired) electrons. The van der Waals surface area contributed by atoms with Crippen LogP contribution in [0.4, 0.5) is 0 Å². The van der Waals surface area contributed by atoms with Crippen LogP contribution in [0.5, 0.6) is 0 Å². The Morgan fingerprint density at radius 1 is 1.20 bits per heavy atom. The second kappa shape index (κ2) is 7.78. The summed E-state index contributed by atoms with van der Waals surface area (Å²) >= 11 is 0. The molecule has 0 unspecified atom stereocenters. The first-order valence-electron chi connectivity index (χ1n) is 9.02. The van der Waals surface area contributed by atoms with E-state index in [1.165, 1.54) is 0 Å². The highest BCUT2D eigenvalue weighted by atomic mass is 16.2. The maximum atomic E-state index is 12.5. The second-order valence-corrected chi connectivity index (χ2v) is 6.80. The fourth-order valence-electron chi connectivity index (χ4n) is 3.59. The molecule has 3 rings (SSSR count). The number of benzene rings is 1. The summed E-state index contributed by atoms with van der Waals surface area (Å²) in [4.78, 5) is 40.5. The summed E-state index contributed by atoms with van der Waals surface area (Å²) in [6, 6.07) is 7.20. The molecule has 0 bridgehead atoms. The van der Waals surface area contributed by atoms with Gasteiger partial charge < -0.3 is 10.2 Å². The average molecular weight is 343 g/mol. The van der Waals surface area contributed by atoms with Gasteiger partial charge in [0.25, 0.3) is 5.91 Å². The Kier molecular flexibility index (Phi) is 5.48. The predicted molar refractivity (Wildman–Crippen MR) is 94.1 cm³/mol. The molecule has 1 saturated heterocycles. The number of likely N-dealkylation sites (tertiary alicyclic amines) is 1. The number of piperidine rings is 1. The van der Waals surface area contributed by atoms with Crippen molar-refractivity contribution in [3.8, 4) is 0 Å². The second-order valence-electron chi connectivity index (χ2n) is 6.80. The van der Waals surface area contributed by atoms with Crippen molar-refractivity contribution in [2.75, 3.05) is 26.2 Å². The van der Waals surface area contributed by atoms with Gasteiger partial charge in [0.05, 0.1) is 6.42 Å². The number of hydrogen-bond donors (Lipinski definition) is 1. The zero-order valence-electron chi connectivity index (χ0n) is 14.7. The van der Waals surface area contributed by atoms with Crippen LogP contribution < -0.4 is 5.32 Å². The highest BCUT2D eigenvalue weighted by molar-refractivity contribution is 6.11. The van der Waals surface area contributed by atoms with Crippen molar-refractivity contribution in [1.82, 2.24) is 15.1 Å². The van der Waals surface area contributed by atoms with E-state index in [1.54, 1.807) is 18.2 Å². The molecule has 1 aromatic carbocycles. The van der Waals surface area contributed by atoms with Gasteiger partial charge in [-0.3, -0.25) is 19.3 Å². The third kappa shape index (κ3) is 4.07. The molecular formula is C19H25N3O3. The summed E-state index contributed by atoms with van der Waals surface area (Å²) in [6.07, 6.45) is 3.13. The zero-order chi connectivity index (χ0) is 17.8. The number of nitrogens with zero attached hydrogens (tertiary/aromatic N) is 2. The van der Waals surface area contributed by atoms with E-state index in [1.807, 2.05) is 6.07 Å². The highest BCUT2D eigenvalue weighted by Gasteiger charge is 2.32. The van der Waals surface area contributed by atoms with Gasteiger partial charge in [-0.05, 0) is 37.4 Å². The van der Waals surface area contributed by atoms with E-state index in [2.05, 4.69) is 17.1 Å². The quantitative estimate of drug-likeness (QED) is 0.816. The lowest BCUT2D eigenvalue weighted by atomic mass is 9.98. The molecule has 0 saturated carbocycles. The third-order valence-electron chi connectivity index (χ3n) is 4.93. The van der Waals surface area contributed by atoms with Crippen LogP contribution in [0.1, 0.15) is 42.1 Å². The van der Waals surface area contributed by atoms with E-state index in [0.29, 0.717) is 5.56 Å². The number of imide groups is 1. The molecule has 1 fully saturated rings. The Morgan fingerprint density at radius 2 is 1.92 bits per heavy atom. The first-order valence-corrected chi connectivity index (χ1v) is 9.02. The Labute approximate surface area is 148 Å². The number of carbonyl (C=O) groups is 3. The van der Waals surface area contributed by atoms with Crippen LogP contribution in [0.15, 0.2) is 24.3 Å². The highest BCUT2D eigenvalue weighted by Crippen LogP contribution is 2.19. The maximum absolute atomic E-state index is 12.5. The Hall–Kier alpha value is -2.21. The van der Waals surface area contributed by atoms with Gasteiger partial charge in [0, 0.05) is 24.7 Å². The molecule has 2 heterocycles. The number of carbonyl (C=O) groups excluding carboxylic acids is 3. The molecule has 25 heavy (non-hydrogen) atoms. The van der Waals surface area contributed by atoms with E-state index in [-0.39, 0.29) is 36.7 Å². The van der Waals surface area contributed by atoms with Gasteiger partial charge in [0.2, 0.25) is 11.8 Å². The smallest absolute Gasteiger partial charge is 0.261 e. The SMILES string of the molecule is CCCN1CCC(NC(=O)CN2C(=O)Cc3ccccc3C2=O)CC1. The predicted octanol–water partition coefficient (Wildman–Crippen LogP) is 1.20. The number of rotatable bonds is 5. The first-order chi connectivity index (χ1) is 12.1. The standard InChI is InChI=1S/C19H25N3O3/c1-2-9-21-10-7-15(8-11-21)20-17(23)13-22-18(24)12-14-5-3-4-6-16(14)19(22)25/h3-6,15H,2,7-13H2,1H3,(H,20,23). The Balaban J connectivity index is 1.55. The molecule has 3 amide bonds. The van der Waals surface area contributed by atoms with E-state index in [0.717, 1.165) is 49.4 Å². The number of hydrogen-bond acceptors (Lipinski definition) is 4. The molecule has 0 aliphatic carbocycles. The Bertz CT molecular complexity index is 666. The fraction of sp³-hybridized carbons (Fsp3) is 0.526. The van der Waals surface area contributed by atoms with Crippen LogP contribution >= 0.6 is 0 Å². The van der Waals surface area contributed by atoms with Crippen LogP contribution in [0.25, 0.3) is 0 Å². The summed E-state index contributed by atoms with van der Waals surface area (Å²) in [6.45, 7) is 5.03. The first kappa shape index (κ1) is 17.6. The van der Waals surface area contributed by atoms with E-state index in [4.69, 9.17) is 0 Å². The van der Waals surface area contributed by atoms with Crippen molar-refractivity contribution in [1.29, 1.82) is 0 Å². The normalized spacial score (nSPS) is 19.0. The molecule has 0 aromatic heterocycles. The largest absolute Gasteiger partial charge is 0.352 e. The summed E-state index contributed by atoms with van der Waals surface area (Å²) in [5, 5.41) is 2.98. The molecule has 6 nitrogen and oxygen atoms in total. The third-order valence-corrected chi connectivity index (χ3v) is 4.93. The molecule has 2 aliphatic heterocycles. The average Bonchev–Trinajstić information content (AvgIpc) is 2.60. The summed E-state index contributed by atoms with van der Waals surface area (Å²) < 4.78 is 0. The van der Waals surface area contributed by atoms with Crippen LogP contribution in [0, 0.1) is 0 Å². The maximum Gasteiger partial charge on any atom is 0.261 e. The Morgan fingerprint density at radius 3 is 2.64 bits per heavy atom. The minimum atomic E-state index is -0.375. The van der Waals surface area contributed by atoms with E-state index in [9.17, 15) is 14.4 Å². The zero-order valence-corrected chi connectivity index (χ0v) is 14.7. The minimum absolute atomic E-state index is 0.128. The summed E-state index contributed by atoms with van der Waals surface area (Å²) in [5.41, 5.74) is 1.25. The monoisotopic (exact) mass is 343 g/mol. The topological polar surface area (TPSA) is 69.7 Å². The van der Waals surface area contributed by atoms with Crippen molar-refractivity contribution in [2.45, 2.75) is 38.6 Å². The van der Waals surface area contributed by atoms with E-state index < -0.39 is 0 Å². The van der Waals surface area contributed by atoms with E-state index >= 15 is 0 Å². The molecule has 1 N–H and O–H groups in total. The van der Waals surface area contributed by atoms with Crippen LogP contribution in [0.2, 0.25) is 0 Å². The van der Waals surface area contributed by atoms with Crippen LogP contribution in [-0.4, -0.2) is 59.7 Å². The molecule has 6 heteroatoms. The lowest BCUT2D eigenvalue weighted by Crippen LogP contribution is -2.51. The number of fused-ring (bicyclic) bond motifs is 1. The molecule has 2 aliphatic rings. The molecular weight excluding hydrogens is 318 g/mol. The van der Waals surface area contributed by atoms with Crippen LogP contribution in [0.3, 0.4) is 0 Å². The van der Waals surface area contributed by atoms with Crippen molar-refractivity contribution < 1.29 is 14.4 Å². The van der Waals surface area contributed by atoms with Crippen molar-refractivity contribution in [2.24, 2.45) is 0 Å². The molecule has 0 spiro atoms. The molecule has 134 valence electrons. The minimum Gasteiger partial charge on any atom is -0.352 e. The lowest BCUT2D eigenvalue weighted by molar-refractivity contribution is -0.133. The van der Waals surface area contributed by atoms with Crippen molar-refractivity contribution >= 4 is 17.7 Å². The molecule has 1 aromatic rings. The van der Waals surface area contributed by atoms with Crippen LogP contribution in [-0.2, 0) is 16.0 Å². The van der Waals surface area contributed by atoms with Gasteiger partial charge in [0.15, 0.2) is 0 Å². The van der Waals surface area contributed by atoms with Crippen molar-refractivity contribution in [3.05, 3.63) is 35.4 Å². The summed E-state index contributed by atoms with van der Waals surface area (Å²) in [5.74, 6) is -0.939. The summed E-state index contributed by atoms with van der Waals surface area (Å²) in [7, 11) is 0. The van der Waals surface area contributed by atoms with Gasteiger partial charge in [-0.1, -0.05) is 25.1 Å². The fourth-order valence-corrected chi connectivity index (χ4v) is 3.59. The van der Waals surface area contributed by atoms with Gasteiger partial charge in [-0.2, -0.15) is 0 Å².